The van der Waals surface area contributed by atoms with Gasteiger partial charge in [0.15, 0.2) is 0 Å². The number of nitrogens with one attached hydrogen (secondary N) is 2. The van der Waals surface area contributed by atoms with Crippen molar-refractivity contribution in [3.8, 4) is 0 Å². The monoisotopic (exact) mass is 251 g/mol. The smallest absolute Gasteiger partial charge is 0.146 e. The van der Waals surface area contributed by atoms with Crippen molar-refractivity contribution in [3.05, 3.63) is 34.9 Å². The molecule has 0 amide bonds. The summed E-state index contributed by atoms with van der Waals surface area (Å²) in [5.74, 6) is 0.775. The molecule has 1 heterocycles. The van der Waals surface area contributed by atoms with Crippen molar-refractivity contribution in [2.24, 2.45) is 0 Å². The van der Waals surface area contributed by atoms with Gasteiger partial charge in [-0.3, -0.25) is 5.10 Å². The fourth-order valence-corrected chi connectivity index (χ4v) is 1.75. The Hall–Kier alpha value is -1.75. The van der Waals surface area contributed by atoms with Gasteiger partial charge in [0.05, 0.1) is 16.8 Å². The molecule has 0 aliphatic heterocycles. The third kappa shape index (κ3) is 2.50. The molecule has 1 atom stereocenters. The molecule has 0 saturated heterocycles. The fourth-order valence-electron chi connectivity index (χ4n) is 1.58. The number of aromatic amines is 1. The van der Waals surface area contributed by atoms with Crippen LogP contribution in [0.3, 0.4) is 0 Å². The minimum absolute atomic E-state index is 0.0240. The van der Waals surface area contributed by atoms with Gasteiger partial charge in [0.2, 0.25) is 0 Å². The standard InChI is InChI=1S/C11H14ClN5/c1-6-3-9(13)8(12)4-10(6)16-7(2)11-14-5-15-17-11/h3-5,7,16H,13H2,1-2H3,(H,14,15,17). The lowest BCUT2D eigenvalue weighted by Crippen LogP contribution is -2.09. The number of hydrogen-bond acceptors (Lipinski definition) is 4. The van der Waals surface area contributed by atoms with Crippen LogP contribution >= 0.6 is 11.6 Å². The van der Waals surface area contributed by atoms with E-state index < -0.39 is 0 Å². The van der Waals surface area contributed by atoms with Crippen molar-refractivity contribution in [2.45, 2.75) is 19.9 Å². The number of nitrogen functional groups attached to an aromatic ring is 1. The molecule has 0 aliphatic rings. The lowest BCUT2D eigenvalue weighted by atomic mass is 10.1. The largest absolute Gasteiger partial charge is 0.398 e. The summed E-state index contributed by atoms with van der Waals surface area (Å²) in [7, 11) is 0. The number of anilines is 2. The van der Waals surface area contributed by atoms with Crippen LogP contribution in [-0.4, -0.2) is 15.2 Å². The maximum Gasteiger partial charge on any atom is 0.146 e. The third-order valence-corrected chi connectivity index (χ3v) is 2.89. The Morgan fingerprint density at radius 2 is 2.24 bits per heavy atom. The van der Waals surface area contributed by atoms with Crippen LogP contribution in [0.2, 0.25) is 5.02 Å². The third-order valence-electron chi connectivity index (χ3n) is 2.56. The van der Waals surface area contributed by atoms with Crippen LogP contribution in [0, 0.1) is 6.92 Å². The lowest BCUT2D eigenvalue weighted by Gasteiger charge is -2.15. The Morgan fingerprint density at radius 3 is 2.88 bits per heavy atom. The predicted molar refractivity (Wildman–Crippen MR) is 69.0 cm³/mol. The summed E-state index contributed by atoms with van der Waals surface area (Å²) in [6, 6.07) is 3.69. The van der Waals surface area contributed by atoms with E-state index in [9.17, 15) is 0 Å². The minimum atomic E-state index is 0.0240. The van der Waals surface area contributed by atoms with Crippen molar-refractivity contribution in [2.75, 3.05) is 11.1 Å². The molecule has 1 aromatic heterocycles. The number of hydrogen-bond donors (Lipinski definition) is 3. The Bertz CT molecular complexity index is 509. The van der Waals surface area contributed by atoms with E-state index >= 15 is 0 Å². The summed E-state index contributed by atoms with van der Waals surface area (Å²) in [5.41, 5.74) is 8.29. The highest BCUT2D eigenvalue weighted by molar-refractivity contribution is 6.33. The molecule has 6 heteroatoms. The second kappa shape index (κ2) is 4.63. The average molecular weight is 252 g/mol. The molecule has 1 unspecified atom stereocenters. The van der Waals surface area contributed by atoms with Crippen LogP contribution in [0.4, 0.5) is 11.4 Å². The van der Waals surface area contributed by atoms with Gasteiger partial charge in [-0.05, 0) is 31.5 Å². The molecule has 2 rings (SSSR count). The van der Waals surface area contributed by atoms with Crippen LogP contribution in [0.1, 0.15) is 24.4 Å². The second-order valence-electron chi connectivity index (χ2n) is 3.93. The van der Waals surface area contributed by atoms with E-state index in [4.69, 9.17) is 17.3 Å². The summed E-state index contributed by atoms with van der Waals surface area (Å²) in [5, 5.41) is 10.5. The molecule has 0 spiro atoms. The van der Waals surface area contributed by atoms with Gasteiger partial charge in [0.25, 0.3) is 0 Å². The van der Waals surface area contributed by atoms with E-state index in [1.807, 2.05) is 26.0 Å². The highest BCUT2D eigenvalue weighted by Crippen LogP contribution is 2.28. The summed E-state index contributed by atoms with van der Waals surface area (Å²) in [6.45, 7) is 3.96. The topological polar surface area (TPSA) is 79.6 Å². The molecule has 0 radical (unpaired) electrons. The van der Waals surface area contributed by atoms with Gasteiger partial charge in [-0.25, -0.2) is 4.98 Å². The van der Waals surface area contributed by atoms with Gasteiger partial charge in [-0.1, -0.05) is 11.6 Å². The number of benzene rings is 1. The Kier molecular flexibility index (Phi) is 3.19. The Morgan fingerprint density at radius 1 is 1.47 bits per heavy atom. The van der Waals surface area contributed by atoms with Gasteiger partial charge in [-0.2, -0.15) is 5.10 Å². The zero-order valence-electron chi connectivity index (χ0n) is 9.66. The summed E-state index contributed by atoms with van der Waals surface area (Å²) in [4.78, 5) is 4.10. The van der Waals surface area contributed by atoms with E-state index in [-0.39, 0.29) is 6.04 Å². The van der Waals surface area contributed by atoms with Crippen molar-refractivity contribution in [1.82, 2.24) is 15.2 Å². The van der Waals surface area contributed by atoms with Crippen LogP contribution < -0.4 is 11.1 Å². The Balaban J connectivity index is 2.22. The van der Waals surface area contributed by atoms with Crippen molar-refractivity contribution in [1.29, 1.82) is 0 Å². The van der Waals surface area contributed by atoms with E-state index in [0.29, 0.717) is 10.7 Å². The summed E-state index contributed by atoms with van der Waals surface area (Å²) < 4.78 is 0. The SMILES string of the molecule is Cc1cc(N)c(Cl)cc1NC(C)c1ncn[nH]1. The molecule has 5 nitrogen and oxygen atoms in total. The lowest BCUT2D eigenvalue weighted by molar-refractivity contribution is 0.794. The molecule has 0 saturated carbocycles. The van der Waals surface area contributed by atoms with Gasteiger partial charge >= 0.3 is 0 Å². The van der Waals surface area contributed by atoms with Crippen LogP contribution in [-0.2, 0) is 0 Å². The van der Waals surface area contributed by atoms with Gasteiger partial charge in [-0.15, -0.1) is 0 Å². The predicted octanol–water partition coefficient (Wildman–Crippen LogP) is 2.52. The van der Waals surface area contributed by atoms with E-state index in [1.165, 1.54) is 6.33 Å². The molecular formula is C11H14ClN5. The normalized spacial score (nSPS) is 12.4. The van der Waals surface area contributed by atoms with Gasteiger partial charge in [0, 0.05) is 5.69 Å². The first-order chi connectivity index (χ1) is 8.08. The summed E-state index contributed by atoms with van der Waals surface area (Å²) in [6.07, 6.45) is 1.48. The van der Waals surface area contributed by atoms with Gasteiger partial charge < -0.3 is 11.1 Å². The molecule has 0 fully saturated rings. The highest BCUT2D eigenvalue weighted by Gasteiger charge is 2.10. The van der Waals surface area contributed by atoms with E-state index in [0.717, 1.165) is 17.1 Å². The zero-order valence-corrected chi connectivity index (χ0v) is 10.4. The van der Waals surface area contributed by atoms with E-state index in [2.05, 4.69) is 20.5 Å². The first kappa shape index (κ1) is 11.7. The molecule has 4 N–H and O–H groups in total. The molecule has 2 aromatic rings. The Labute approximate surface area is 104 Å². The summed E-state index contributed by atoms with van der Waals surface area (Å²) >= 11 is 5.99. The number of aryl methyl sites for hydroxylation is 1. The first-order valence-corrected chi connectivity index (χ1v) is 5.63. The zero-order chi connectivity index (χ0) is 12.4. The maximum atomic E-state index is 5.99. The quantitative estimate of drug-likeness (QED) is 0.733. The van der Waals surface area contributed by atoms with Crippen LogP contribution in [0.15, 0.2) is 18.5 Å². The molecule has 1 aromatic carbocycles. The number of H-pyrrole nitrogens is 1. The van der Waals surface area contributed by atoms with Crippen molar-refractivity contribution < 1.29 is 0 Å². The van der Waals surface area contributed by atoms with E-state index in [1.54, 1.807) is 0 Å². The fraction of sp³-hybridized carbons (Fsp3) is 0.273. The number of halogens is 1. The number of rotatable bonds is 3. The highest BCUT2D eigenvalue weighted by atomic mass is 35.5. The first-order valence-electron chi connectivity index (χ1n) is 5.25. The number of aromatic nitrogens is 3. The van der Waals surface area contributed by atoms with Gasteiger partial charge in [0.1, 0.15) is 12.2 Å². The second-order valence-corrected chi connectivity index (χ2v) is 4.33. The number of nitrogens with zero attached hydrogens (tertiary/aromatic N) is 2. The van der Waals surface area contributed by atoms with Crippen molar-refractivity contribution >= 4 is 23.0 Å². The molecule has 17 heavy (non-hydrogen) atoms. The van der Waals surface area contributed by atoms with Crippen LogP contribution in [0.25, 0.3) is 0 Å². The molecule has 0 aliphatic carbocycles. The average Bonchev–Trinajstić information content (AvgIpc) is 2.79. The molecular weight excluding hydrogens is 238 g/mol. The molecule has 0 bridgehead atoms. The minimum Gasteiger partial charge on any atom is -0.398 e. The maximum absolute atomic E-state index is 5.99. The van der Waals surface area contributed by atoms with Crippen LogP contribution in [0.5, 0.6) is 0 Å². The molecule has 90 valence electrons. The number of nitrogens with two attached hydrogens (primary N) is 1. The van der Waals surface area contributed by atoms with Crippen molar-refractivity contribution in [3.63, 3.8) is 0 Å².